The third kappa shape index (κ3) is 4.06. The Kier molecular flexibility index (Phi) is 5.26. The van der Waals surface area contributed by atoms with E-state index in [0.717, 1.165) is 44.7 Å². The molecular formula is C22H25ClN2O2. The summed E-state index contributed by atoms with van der Waals surface area (Å²) in [6, 6.07) is 13.1. The predicted octanol–water partition coefficient (Wildman–Crippen LogP) is 4.35. The summed E-state index contributed by atoms with van der Waals surface area (Å²) in [7, 11) is 0. The number of carbonyl (C=O) groups is 1. The number of phenolic OH excluding ortho intramolecular Hbond substituents is 1. The Morgan fingerprint density at radius 1 is 1.07 bits per heavy atom. The number of aromatic hydroxyl groups is 1. The van der Waals surface area contributed by atoms with E-state index in [1.54, 1.807) is 12.1 Å². The van der Waals surface area contributed by atoms with Gasteiger partial charge in [-0.05, 0) is 67.5 Å². The molecule has 0 spiro atoms. The molecule has 0 radical (unpaired) electrons. The minimum atomic E-state index is 0.0677. The van der Waals surface area contributed by atoms with E-state index in [-0.39, 0.29) is 11.7 Å². The van der Waals surface area contributed by atoms with Gasteiger partial charge in [0.1, 0.15) is 5.75 Å². The molecule has 1 atom stereocenters. The second kappa shape index (κ2) is 7.81. The molecule has 5 heteroatoms. The van der Waals surface area contributed by atoms with Gasteiger partial charge in [0.25, 0.3) is 5.91 Å². The average Bonchev–Trinajstić information content (AvgIpc) is 3.35. The number of halogens is 1. The number of nitrogens with zero attached hydrogens (tertiary/aromatic N) is 2. The van der Waals surface area contributed by atoms with Crippen LogP contribution in [0.5, 0.6) is 5.75 Å². The lowest BCUT2D eigenvalue weighted by molar-refractivity contribution is 0.0787. The molecule has 142 valence electrons. The van der Waals surface area contributed by atoms with Crippen LogP contribution >= 0.6 is 11.6 Å². The zero-order valence-corrected chi connectivity index (χ0v) is 16.2. The largest absolute Gasteiger partial charge is 0.508 e. The van der Waals surface area contributed by atoms with Crippen molar-refractivity contribution in [2.45, 2.75) is 25.7 Å². The maximum absolute atomic E-state index is 12.9. The molecule has 1 amide bonds. The van der Waals surface area contributed by atoms with Gasteiger partial charge >= 0.3 is 0 Å². The van der Waals surface area contributed by atoms with Gasteiger partial charge in [-0.1, -0.05) is 23.7 Å². The summed E-state index contributed by atoms with van der Waals surface area (Å²) in [6.45, 7) is 3.63. The van der Waals surface area contributed by atoms with Gasteiger partial charge in [0.05, 0.1) is 10.7 Å². The van der Waals surface area contributed by atoms with E-state index in [2.05, 4.69) is 4.90 Å². The van der Waals surface area contributed by atoms with E-state index in [1.807, 2.05) is 35.2 Å². The lowest BCUT2D eigenvalue weighted by Crippen LogP contribution is -2.29. The van der Waals surface area contributed by atoms with E-state index in [4.69, 9.17) is 11.6 Å². The molecule has 1 unspecified atom stereocenters. The molecule has 2 aromatic rings. The lowest BCUT2D eigenvalue weighted by atomic mass is 9.99. The molecule has 4 rings (SSSR count). The number of anilines is 1. The van der Waals surface area contributed by atoms with Crippen LogP contribution in [0.4, 0.5) is 5.69 Å². The van der Waals surface area contributed by atoms with Crippen molar-refractivity contribution in [3.8, 4) is 5.75 Å². The highest BCUT2D eigenvalue weighted by Gasteiger charge is 2.27. The van der Waals surface area contributed by atoms with Gasteiger partial charge in [-0.3, -0.25) is 4.79 Å². The van der Waals surface area contributed by atoms with E-state index in [1.165, 1.54) is 18.4 Å². The number of likely N-dealkylation sites (tertiary alicyclic amines) is 1. The summed E-state index contributed by atoms with van der Waals surface area (Å²) in [4.78, 5) is 17.1. The molecule has 2 heterocycles. The lowest BCUT2D eigenvalue weighted by Gasteiger charge is -2.21. The molecule has 4 nitrogen and oxygen atoms in total. The summed E-state index contributed by atoms with van der Waals surface area (Å²) < 4.78 is 0. The van der Waals surface area contributed by atoms with Gasteiger partial charge in [-0.25, -0.2) is 0 Å². The van der Waals surface area contributed by atoms with Crippen LogP contribution < -0.4 is 4.90 Å². The Morgan fingerprint density at radius 3 is 2.52 bits per heavy atom. The topological polar surface area (TPSA) is 43.8 Å². The SMILES string of the molecule is O=C(c1ccc(N2CCCC2)c(Cl)c1)N1CCC(Cc2ccc(O)cc2)C1. The van der Waals surface area contributed by atoms with Crippen molar-refractivity contribution in [3.63, 3.8) is 0 Å². The van der Waals surface area contributed by atoms with E-state index in [0.29, 0.717) is 16.5 Å². The summed E-state index contributed by atoms with van der Waals surface area (Å²) >= 11 is 6.48. The van der Waals surface area contributed by atoms with Crippen LogP contribution in [0.3, 0.4) is 0 Å². The number of rotatable bonds is 4. The normalized spacial score (nSPS) is 19.7. The Hall–Kier alpha value is -2.20. The molecule has 2 saturated heterocycles. The Labute approximate surface area is 165 Å². The highest BCUT2D eigenvalue weighted by Crippen LogP contribution is 2.31. The summed E-state index contributed by atoms with van der Waals surface area (Å²) in [5.74, 6) is 0.812. The highest BCUT2D eigenvalue weighted by molar-refractivity contribution is 6.33. The molecule has 0 saturated carbocycles. The molecule has 0 bridgehead atoms. The first-order chi connectivity index (χ1) is 13.1. The summed E-state index contributed by atoms with van der Waals surface area (Å²) in [5.41, 5.74) is 2.91. The third-order valence-electron chi connectivity index (χ3n) is 5.68. The molecule has 1 N–H and O–H groups in total. The highest BCUT2D eigenvalue weighted by atomic mass is 35.5. The van der Waals surface area contributed by atoms with Gasteiger partial charge < -0.3 is 14.9 Å². The van der Waals surface area contributed by atoms with Crippen molar-refractivity contribution in [1.29, 1.82) is 0 Å². The van der Waals surface area contributed by atoms with Gasteiger partial charge in [0, 0.05) is 31.7 Å². The first-order valence-corrected chi connectivity index (χ1v) is 10.1. The summed E-state index contributed by atoms with van der Waals surface area (Å²) in [5, 5.41) is 10.1. The van der Waals surface area contributed by atoms with Crippen LogP contribution in [0.1, 0.15) is 35.2 Å². The Morgan fingerprint density at radius 2 is 1.81 bits per heavy atom. The van der Waals surface area contributed by atoms with Crippen molar-refractivity contribution in [2.75, 3.05) is 31.1 Å². The minimum absolute atomic E-state index is 0.0677. The first-order valence-electron chi connectivity index (χ1n) is 9.72. The number of phenols is 1. The number of carbonyl (C=O) groups excluding carboxylic acids is 1. The Balaban J connectivity index is 1.39. The van der Waals surface area contributed by atoms with Crippen LogP contribution in [0.2, 0.25) is 5.02 Å². The average molecular weight is 385 g/mol. The zero-order chi connectivity index (χ0) is 18.8. The minimum Gasteiger partial charge on any atom is -0.508 e. The molecule has 2 aliphatic rings. The second-order valence-electron chi connectivity index (χ2n) is 7.64. The van der Waals surface area contributed by atoms with Crippen LogP contribution in [-0.4, -0.2) is 42.1 Å². The number of amides is 1. The van der Waals surface area contributed by atoms with Crippen molar-refractivity contribution in [1.82, 2.24) is 4.90 Å². The predicted molar refractivity (Wildman–Crippen MR) is 109 cm³/mol. The third-order valence-corrected chi connectivity index (χ3v) is 5.98. The van der Waals surface area contributed by atoms with Gasteiger partial charge in [0.15, 0.2) is 0 Å². The van der Waals surface area contributed by atoms with Gasteiger partial charge in [0.2, 0.25) is 0 Å². The molecule has 2 fully saturated rings. The molecule has 2 aliphatic heterocycles. The monoisotopic (exact) mass is 384 g/mol. The second-order valence-corrected chi connectivity index (χ2v) is 8.04. The van der Waals surface area contributed by atoms with Crippen molar-refractivity contribution in [2.24, 2.45) is 5.92 Å². The van der Waals surface area contributed by atoms with Crippen molar-refractivity contribution in [3.05, 3.63) is 58.6 Å². The smallest absolute Gasteiger partial charge is 0.253 e. The fourth-order valence-corrected chi connectivity index (χ4v) is 4.49. The van der Waals surface area contributed by atoms with Crippen LogP contribution in [0, 0.1) is 5.92 Å². The van der Waals surface area contributed by atoms with E-state index in [9.17, 15) is 9.90 Å². The maximum Gasteiger partial charge on any atom is 0.253 e. The van der Waals surface area contributed by atoms with E-state index >= 15 is 0 Å². The van der Waals surface area contributed by atoms with Gasteiger partial charge in [-0.15, -0.1) is 0 Å². The molecule has 0 aromatic heterocycles. The van der Waals surface area contributed by atoms with Crippen LogP contribution in [0.25, 0.3) is 0 Å². The quantitative estimate of drug-likeness (QED) is 0.852. The standard InChI is InChI=1S/C22H25ClN2O2/c23-20-14-18(5-8-21(20)24-10-1-2-11-24)22(27)25-12-9-17(15-25)13-16-3-6-19(26)7-4-16/h3-8,14,17,26H,1-2,9-13,15H2. The molecule has 0 aliphatic carbocycles. The molecular weight excluding hydrogens is 360 g/mol. The fourth-order valence-electron chi connectivity index (χ4n) is 4.19. The van der Waals surface area contributed by atoms with Crippen molar-refractivity contribution >= 4 is 23.2 Å². The maximum atomic E-state index is 12.9. The molecule has 2 aromatic carbocycles. The van der Waals surface area contributed by atoms with E-state index < -0.39 is 0 Å². The number of benzene rings is 2. The number of hydrogen-bond acceptors (Lipinski definition) is 3. The van der Waals surface area contributed by atoms with Crippen LogP contribution in [0.15, 0.2) is 42.5 Å². The number of hydrogen-bond donors (Lipinski definition) is 1. The van der Waals surface area contributed by atoms with Gasteiger partial charge in [-0.2, -0.15) is 0 Å². The fraction of sp³-hybridized carbons (Fsp3) is 0.409. The summed E-state index contributed by atoms with van der Waals surface area (Å²) in [6.07, 6.45) is 4.34. The zero-order valence-electron chi connectivity index (χ0n) is 15.4. The first kappa shape index (κ1) is 18.2. The van der Waals surface area contributed by atoms with Crippen LogP contribution in [-0.2, 0) is 6.42 Å². The Bertz CT molecular complexity index is 816. The van der Waals surface area contributed by atoms with Crippen molar-refractivity contribution < 1.29 is 9.90 Å². The molecule has 27 heavy (non-hydrogen) atoms.